The van der Waals surface area contributed by atoms with Crippen molar-refractivity contribution in [2.24, 2.45) is 0 Å². The van der Waals surface area contributed by atoms with E-state index in [1.54, 1.807) is 30.0 Å². The number of benzene rings is 1. The molecule has 1 aromatic heterocycles. The summed E-state index contributed by atoms with van der Waals surface area (Å²) < 4.78 is 5.61. The number of thioether (sulfide) groups is 1. The van der Waals surface area contributed by atoms with Crippen molar-refractivity contribution in [1.82, 2.24) is 5.32 Å². The number of fused-ring (bicyclic) bond motifs is 1. The molecule has 0 saturated heterocycles. The number of nitrogens with one attached hydrogen (secondary N) is 1. The predicted octanol–water partition coefficient (Wildman–Crippen LogP) is 2.59. The fourth-order valence-corrected chi connectivity index (χ4v) is 2.48. The van der Waals surface area contributed by atoms with Crippen LogP contribution in [0, 0.1) is 12.3 Å². The van der Waals surface area contributed by atoms with Crippen LogP contribution in [0.4, 0.5) is 0 Å². The molecule has 5 heteroatoms. The van der Waals surface area contributed by atoms with E-state index in [2.05, 4.69) is 11.2 Å². The van der Waals surface area contributed by atoms with Gasteiger partial charge >= 0.3 is 5.97 Å². The van der Waals surface area contributed by atoms with Crippen LogP contribution in [0.15, 0.2) is 28.7 Å². The summed E-state index contributed by atoms with van der Waals surface area (Å²) in [5.74, 6) is 3.62. The molecule has 0 aliphatic heterocycles. The zero-order valence-corrected chi connectivity index (χ0v) is 11.7. The van der Waals surface area contributed by atoms with Crippen LogP contribution in [0.3, 0.4) is 0 Å². The highest BCUT2D eigenvalue weighted by Gasteiger charge is 2.19. The van der Waals surface area contributed by atoms with Crippen LogP contribution in [0.1, 0.15) is 16.1 Å². The van der Waals surface area contributed by atoms with Crippen LogP contribution in [0.25, 0.3) is 11.0 Å². The van der Waals surface area contributed by atoms with Gasteiger partial charge in [-0.3, -0.25) is 0 Å². The normalized spacial score (nSPS) is 10.6. The quantitative estimate of drug-likeness (QED) is 0.606. The molecule has 0 aliphatic rings. The van der Waals surface area contributed by atoms with E-state index in [1.165, 1.54) is 0 Å². The van der Waals surface area contributed by atoms with Gasteiger partial charge in [0.05, 0.1) is 12.3 Å². The first-order chi connectivity index (χ1) is 9.74. The molecule has 1 heterocycles. The Hall–Kier alpha value is -1.90. The Morgan fingerprint density at radius 1 is 1.45 bits per heavy atom. The minimum atomic E-state index is -0.964. The Bertz CT molecular complexity index is 642. The average Bonchev–Trinajstić information content (AvgIpc) is 2.81. The molecule has 0 amide bonds. The summed E-state index contributed by atoms with van der Waals surface area (Å²) in [6.45, 7) is 1.15. The maximum atomic E-state index is 11.4. The summed E-state index contributed by atoms with van der Waals surface area (Å²) in [7, 11) is 0. The number of furan rings is 1. The fraction of sp³-hybridized carbons (Fsp3) is 0.267. The van der Waals surface area contributed by atoms with Crippen molar-refractivity contribution in [3.05, 3.63) is 35.6 Å². The van der Waals surface area contributed by atoms with Gasteiger partial charge in [-0.1, -0.05) is 24.1 Å². The number of rotatable bonds is 7. The van der Waals surface area contributed by atoms with Crippen LogP contribution in [0.2, 0.25) is 0 Å². The standard InChI is InChI=1S/C15H15NO3S/c1-2-8-20-9-7-16-10-13-14(15(17)18)11-5-3-4-6-12(11)19-13/h1,3-6,16H,7-10H2,(H,17,18). The molecular formula is C15H15NO3S. The lowest BCUT2D eigenvalue weighted by Gasteiger charge is -2.02. The van der Waals surface area contributed by atoms with Crippen LogP contribution < -0.4 is 5.32 Å². The molecule has 20 heavy (non-hydrogen) atoms. The van der Waals surface area contributed by atoms with Crippen LogP contribution in [-0.4, -0.2) is 29.1 Å². The molecule has 2 N–H and O–H groups in total. The number of terminal acetylenes is 1. The van der Waals surface area contributed by atoms with Crippen molar-refractivity contribution in [2.45, 2.75) is 6.54 Å². The van der Waals surface area contributed by atoms with Gasteiger partial charge < -0.3 is 14.8 Å². The van der Waals surface area contributed by atoms with Crippen molar-refractivity contribution in [3.8, 4) is 12.3 Å². The third-order valence-electron chi connectivity index (χ3n) is 2.78. The number of hydrogen-bond donors (Lipinski definition) is 2. The van der Waals surface area contributed by atoms with Gasteiger partial charge in [-0.25, -0.2) is 4.79 Å². The van der Waals surface area contributed by atoms with Gasteiger partial charge in [-0.2, -0.15) is 0 Å². The topological polar surface area (TPSA) is 62.5 Å². The van der Waals surface area contributed by atoms with E-state index in [1.807, 2.05) is 6.07 Å². The number of para-hydroxylation sites is 1. The van der Waals surface area contributed by atoms with E-state index >= 15 is 0 Å². The second-order valence-corrected chi connectivity index (χ2v) is 5.24. The second kappa shape index (κ2) is 7.04. The molecule has 2 aromatic rings. The lowest BCUT2D eigenvalue weighted by Crippen LogP contribution is -2.17. The van der Waals surface area contributed by atoms with Crippen molar-refractivity contribution in [3.63, 3.8) is 0 Å². The predicted molar refractivity (Wildman–Crippen MR) is 81.0 cm³/mol. The van der Waals surface area contributed by atoms with Crippen LogP contribution in [0.5, 0.6) is 0 Å². The smallest absolute Gasteiger partial charge is 0.339 e. The van der Waals surface area contributed by atoms with Crippen molar-refractivity contribution in [2.75, 3.05) is 18.1 Å². The molecule has 0 spiro atoms. The van der Waals surface area contributed by atoms with Gasteiger partial charge in [0.2, 0.25) is 0 Å². The zero-order valence-electron chi connectivity index (χ0n) is 10.9. The van der Waals surface area contributed by atoms with Gasteiger partial charge in [0, 0.05) is 17.7 Å². The number of carboxylic acid groups (broad SMARTS) is 1. The maximum Gasteiger partial charge on any atom is 0.339 e. The minimum Gasteiger partial charge on any atom is -0.478 e. The number of hydrogen-bond acceptors (Lipinski definition) is 4. The Balaban J connectivity index is 2.04. The second-order valence-electron chi connectivity index (χ2n) is 4.14. The van der Waals surface area contributed by atoms with Gasteiger partial charge in [0.25, 0.3) is 0 Å². The van der Waals surface area contributed by atoms with E-state index in [4.69, 9.17) is 10.8 Å². The zero-order chi connectivity index (χ0) is 14.4. The lowest BCUT2D eigenvalue weighted by atomic mass is 10.1. The average molecular weight is 289 g/mol. The molecule has 0 aliphatic carbocycles. The van der Waals surface area contributed by atoms with Gasteiger partial charge in [-0.15, -0.1) is 18.2 Å². The first kappa shape index (κ1) is 14.5. The van der Waals surface area contributed by atoms with E-state index < -0.39 is 5.97 Å². The summed E-state index contributed by atoms with van der Waals surface area (Å²) in [6.07, 6.45) is 5.16. The highest BCUT2D eigenvalue weighted by molar-refractivity contribution is 7.99. The van der Waals surface area contributed by atoms with E-state index in [9.17, 15) is 9.90 Å². The molecule has 1 aromatic carbocycles. The Labute approximate surface area is 121 Å². The number of carboxylic acids is 1. The Morgan fingerprint density at radius 2 is 2.25 bits per heavy atom. The largest absolute Gasteiger partial charge is 0.478 e. The lowest BCUT2D eigenvalue weighted by molar-refractivity contribution is 0.0696. The SMILES string of the molecule is C#CCSCCNCc1oc2ccccc2c1C(=O)O. The number of carbonyl (C=O) groups is 1. The van der Waals surface area contributed by atoms with E-state index in [-0.39, 0.29) is 5.56 Å². The number of aromatic carboxylic acids is 1. The Morgan fingerprint density at radius 3 is 3.00 bits per heavy atom. The third kappa shape index (κ3) is 3.35. The van der Waals surface area contributed by atoms with E-state index in [0.717, 1.165) is 12.3 Å². The molecular weight excluding hydrogens is 274 g/mol. The summed E-state index contributed by atoms with van der Waals surface area (Å²) in [6, 6.07) is 7.16. The van der Waals surface area contributed by atoms with Crippen molar-refractivity contribution >= 4 is 28.7 Å². The van der Waals surface area contributed by atoms with Crippen molar-refractivity contribution < 1.29 is 14.3 Å². The first-order valence-electron chi connectivity index (χ1n) is 6.19. The summed E-state index contributed by atoms with van der Waals surface area (Å²) in [4.78, 5) is 11.4. The molecule has 0 radical (unpaired) electrons. The summed E-state index contributed by atoms with van der Waals surface area (Å²) >= 11 is 1.66. The highest BCUT2D eigenvalue weighted by atomic mass is 32.2. The van der Waals surface area contributed by atoms with E-state index in [0.29, 0.717) is 29.0 Å². The fourth-order valence-electron chi connectivity index (χ4n) is 1.93. The minimum absolute atomic E-state index is 0.240. The molecule has 2 rings (SSSR count). The molecule has 104 valence electrons. The molecule has 4 nitrogen and oxygen atoms in total. The monoisotopic (exact) mass is 289 g/mol. The molecule has 0 unspecified atom stereocenters. The van der Waals surface area contributed by atoms with Gasteiger partial charge in [-0.05, 0) is 6.07 Å². The summed E-state index contributed by atoms with van der Waals surface area (Å²) in [5, 5.41) is 13.1. The van der Waals surface area contributed by atoms with Crippen LogP contribution in [-0.2, 0) is 6.54 Å². The van der Waals surface area contributed by atoms with Crippen molar-refractivity contribution in [1.29, 1.82) is 0 Å². The van der Waals surface area contributed by atoms with Gasteiger partial charge in [0.1, 0.15) is 16.9 Å². The highest BCUT2D eigenvalue weighted by Crippen LogP contribution is 2.25. The molecule has 0 atom stereocenters. The molecule has 0 saturated carbocycles. The third-order valence-corrected chi connectivity index (χ3v) is 3.64. The summed E-state index contributed by atoms with van der Waals surface area (Å²) in [5.41, 5.74) is 0.841. The molecule has 0 bridgehead atoms. The Kier molecular flexibility index (Phi) is 5.10. The van der Waals surface area contributed by atoms with Gasteiger partial charge in [0.15, 0.2) is 0 Å². The first-order valence-corrected chi connectivity index (χ1v) is 7.35. The molecule has 0 fully saturated rings. The van der Waals surface area contributed by atoms with Crippen LogP contribution >= 0.6 is 11.8 Å². The maximum absolute atomic E-state index is 11.4.